The summed E-state index contributed by atoms with van der Waals surface area (Å²) in [4.78, 5) is 13.8. The predicted molar refractivity (Wildman–Crippen MR) is 74.5 cm³/mol. The molecule has 0 aliphatic carbocycles. The molecule has 1 aliphatic rings. The molecular weight excluding hydrogens is 261 g/mol. The van der Waals surface area contributed by atoms with Gasteiger partial charge in [0.25, 0.3) is 0 Å². The number of nitrogens with zero attached hydrogens (tertiary/aromatic N) is 1. The highest BCUT2D eigenvalue weighted by atomic mass is 19.1. The van der Waals surface area contributed by atoms with E-state index < -0.39 is 0 Å². The Balaban J connectivity index is 2.16. The van der Waals surface area contributed by atoms with E-state index in [1.165, 1.54) is 12.1 Å². The lowest BCUT2D eigenvalue weighted by atomic mass is 9.97. The number of methoxy groups -OCH3 is 1. The average molecular weight is 281 g/mol. The Morgan fingerprint density at radius 3 is 3.00 bits per heavy atom. The van der Waals surface area contributed by atoms with Gasteiger partial charge in [-0.15, -0.1) is 0 Å². The molecule has 0 bridgehead atoms. The van der Waals surface area contributed by atoms with E-state index in [9.17, 15) is 9.18 Å². The minimum absolute atomic E-state index is 0.156. The summed E-state index contributed by atoms with van der Waals surface area (Å²) in [7, 11) is 1.56. The van der Waals surface area contributed by atoms with Crippen molar-refractivity contribution >= 4 is 11.7 Å². The van der Waals surface area contributed by atoms with Crippen molar-refractivity contribution in [2.24, 2.45) is 5.92 Å². The van der Waals surface area contributed by atoms with Crippen LogP contribution in [-0.2, 0) is 9.53 Å². The highest BCUT2D eigenvalue weighted by Gasteiger charge is 2.28. The molecule has 110 valence electrons. The third kappa shape index (κ3) is 3.21. The lowest BCUT2D eigenvalue weighted by Crippen LogP contribution is -2.39. The normalized spacial score (nSPS) is 18.8. The van der Waals surface area contributed by atoms with Crippen molar-refractivity contribution in [2.75, 3.05) is 31.7 Å². The first-order valence-electron chi connectivity index (χ1n) is 6.90. The van der Waals surface area contributed by atoms with Gasteiger partial charge in [-0.3, -0.25) is 4.79 Å². The molecule has 20 heavy (non-hydrogen) atoms. The zero-order chi connectivity index (χ0) is 14.5. The fourth-order valence-corrected chi connectivity index (χ4v) is 2.56. The largest absolute Gasteiger partial charge is 0.495 e. The summed E-state index contributed by atoms with van der Waals surface area (Å²) in [5.74, 6) is -0.0146. The molecule has 2 rings (SSSR count). The van der Waals surface area contributed by atoms with Crippen LogP contribution in [0.4, 0.5) is 10.1 Å². The number of carbonyl (C=O) groups is 1. The van der Waals surface area contributed by atoms with E-state index >= 15 is 0 Å². The van der Waals surface area contributed by atoms with Crippen molar-refractivity contribution in [1.29, 1.82) is 0 Å². The second-order valence-corrected chi connectivity index (χ2v) is 4.85. The van der Waals surface area contributed by atoms with Crippen LogP contribution in [0.15, 0.2) is 18.2 Å². The average Bonchev–Trinajstić information content (AvgIpc) is 2.47. The van der Waals surface area contributed by atoms with Crippen LogP contribution in [0.2, 0.25) is 0 Å². The number of hydrogen-bond donors (Lipinski definition) is 0. The first-order chi connectivity index (χ1) is 9.65. The minimum atomic E-state index is -0.306. The Morgan fingerprint density at radius 2 is 2.30 bits per heavy atom. The molecule has 1 aromatic rings. The summed E-state index contributed by atoms with van der Waals surface area (Å²) >= 11 is 0. The minimum Gasteiger partial charge on any atom is -0.495 e. The molecule has 1 fully saturated rings. The molecule has 1 unspecified atom stereocenters. The third-order valence-electron chi connectivity index (χ3n) is 3.52. The van der Waals surface area contributed by atoms with Crippen LogP contribution in [0.3, 0.4) is 0 Å². The van der Waals surface area contributed by atoms with E-state index in [0.29, 0.717) is 24.6 Å². The Morgan fingerprint density at radius 1 is 1.50 bits per heavy atom. The fourth-order valence-electron chi connectivity index (χ4n) is 2.56. The second-order valence-electron chi connectivity index (χ2n) is 4.85. The number of anilines is 1. The molecule has 0 N–H and O–H groups in total. The maximum Gasteiger partial charge on any atom is 0.310 e. The number of benzene rings is 1. The van der Waals surface area contributed by atoms with Crippen molar-refractivity contribution in [3.05, 3.63) is 24.0 Å². The summed E-state index contributed by atoms with van der Waals surface area (Å²) < 4.78 is 23.8. The van der Waals surface area contributed by atoms with Gasteiger partial charge >= 0.3 is 5.97 Å². The zero-order valence-electron chi connectivity index (χ0n) is 11.9. The first-order valence-corrected chi connectivity index (χ1v) is 6.90. The summed E-state index contributed by atoms with van der Waals surface area (Å²) in [5.41, 5.74) is 0.696. The Hall–Kier alpha value is -1.78. The molecule has 0 amide bonds. The second kappa shape index (κ2) is 6.59. The molecule has 4 nitrogen and oxygen atoms in total. The van der Waals surface area contributed by atoms with Crippen molar-refractivity contribution in [2.45, 2.75) is 19.8 Å². The van der Waals surface area contributed by atoms with Crippen molar-refractivity contribution in [3.63, 3.8) is 0 Å². The molecule has 5 heteroatoms. The maximum atomic E-state index is 13.4. The van der Waals surface area contributed by atoms with E-state index in [1.807, 2.05) is 4.90 Å². The summed E-state index contributed by atoms with van der Waals surface area (Å²) in [6.45, 7) is 3.51. The van der Waals surface area contributed by atoms with Gasteiger partial charge in [0.15, 0.2) is 0 Å². The molecular formula is C15H20FNO3. The van der Waals surface area contributed by atoms with Gasteiger partial charge in [-0.1, -0.05) is 0 Å². The monoisotopic (exact) mass is 281 g/mol. The van der Waals surface area contributed by atoms with Crippen LogP contribution in [-0.4, -0.2) is 32.8 Å². The van der Waals surface area contributed by atoms with Crippen molar-refractivity contribution < 1.29 is 18.7 Å². The highest BCUT2D eigenvalue weighted by molar-refractivity contribution is 5.74. The summed E-state index contributed by atoms with van der Waals surface area (Å²) in [6, 6.07) is 4.43. The number of piperidine rings is 1. The standard InChI is InChI=1S/C15H20FNO3/c1-3-20-15(18)11-5-4-8-17(10-11)13-9-12(16)6-7-14(13)19-2/h6-7,9,11H,3-5,8,10H2,1-2H3. The van der Waals surface area contributed by atoms with Gasteiger partial charge in [0.05, 0.1) is 25.3 Å². The van der Waals surface area contributed by atoms with Gasteiger partial charge in [-0.05, 0) is 31.9 Å². The molecule has 0 aromatic heterocycles. The van der Waals surface area contributed by atoms with Gasteiger partial charge in [0.1, 0.15) is 11.6 Å². The van der Waals surface area contributed by atoms with Gasteiger partial charge in [0.2, 0.25) is 0 Å². The Labute approximate surface area is 118 Å². The van der Waals surface area contributed by atoms with Gasteiger partial charge in [-0.2, -0.15) is 0 Å². The van der Waals surface area contributed by atoms with Crippen LogP contribution in [0, 0.1) is 11.7 Å². The predicted octanol–water partition coefficient (Wildman–Crippen LogP) is 2.61. The van der Waals surface area contributed by atoms with Gasteiger partial charge in [-0.25, -0.2) is 4.39 Å². The number of carbonyl (C=O) groups excluding carboxylic acids is 1. The molecule has 1 aromatic carbocycles. The number of halogens is 1. The van der Waals surface area contributed by atoms with E-state index in [0.717, 1.165) is 19.4 Å². The maximum absolute atomic E-state index is 13.4. The number of ether oxygens (including phenoxy) is 2. The Kier molecular flexibility index (Phi) is 4.82. The molecule has 1 saturated heterocycles. The molecule has 0 radical (unpaired) electrons. The quantitative estimate of drug-likeness (QED) is 0.795. The third-order valence-corrected chi connectivity index (χ3v) is 3.52. The van der Waals surface area contributed by atoms with E-state index in [-0.39, 0.29) is 17.7 Å². The van der Waals surface area contributed by atoms with Gasteiger partial charge in [0, 0.05) is 19.2 Å². The van der Waals surface area contributed by atoms with Crippen LogP contribution in [0.25, 0.3) is 0 Å². The lowest BCUT2D eigenvalue weighted by Gasteiger charge is -2.34. The van der Waals surface area contributed by atoms with Crippen LogP contribution >= 0.6 is 0 Å². The number of hydrogen-bond acceptors (Lipinski definition) is 4. The Bertz CT molecular complexity index is 478. The van der Waals surface area contributed by atoms with Crippen molar-refractivity contribution in [1.82, 2.24) is 0 Å². The van der Waals surface area contributed by atoms with Crippen LogP contribution < -0.4 is 9.64 Å². The molecule has 1 aliphatic heterocycles. The zero-order valence-corrected chi connectivity index (χ0v) is 11.9. The van der Waals surface area contributed by atoms with Crippen molar-refractivity contribution in [3.8, 4) is 5.75 Å². The number of rotatable bonds is 4. The van der Waals surface area contributed by atoms with Crippen LogP contribution in [0.5, 0.6) is 5.75 Å². The van der Waals surface area contributed by atoms with E-state index in [1.54, 1.807) is 20.1 Å². The van der Waals surface area contributed by atoms with Gasteiger partial charge < -0.3 is 14.4 Å². The SMILES string of the molecule is CCOC(=O)C1CCCN(c2cc(F)ccc2OC)C1. The smallest absolute Gasteiger partial charge is 0.310 e. The summed E-state index contributed by atoms with van der Waals surface area (Å²) in [5, 5.41) is 0. The topological polar surface area (TPSA) is 38.8 Å². The molecule has 1 heterocycles. The van der Waals surface area contributed by atoms with Crippen LogP contribution in [0.1, 0.15) is 19.8 Å². The first kappa shape index (κ1) is 14.6. The fraction of sp³-hybridized carbons (Fsp3) is 0.533. The molecule has 1 atom stereocenters. The van der Waals surface area contributed by atoms with E-state index in [4.69, 9.17) is 9.47 Å². The lowest BCUT2D eigenvalue weighted by molar-refractivity contribution is -0.148. The summed E-state index contributed by atoms with van der Waals surface area (Å²) in [6.07, 6.45) is 1.69. The highest BCUT2D eigenvalue weighted by Crippen LogP contribution is 2.32. The molecule has 0 spiro atoms. The number of esters is 1. The van der Waals surface area contributed by atoms with E-state index in [2.05, 4.69) is 0 Å². The molecule has 0 saturated carbocycles.